The first-order valence-corrected chi connectivity index (χ1v) is 8.30. The van der Waals surface area contributed by atoms with Gasteiger partial charge >= 0.3 is 0 Å². The lowest BCUT2D eigenvalue weighted by Gasteiger charge is -2.22. The number of rotatable bonds is 4. The van der Waals surface area contributed by atoms with Gasteiger partial charge in [0, 0.05) is 6.54 Å². The van der Waals surface area contributed by atoms with Crippen LogP contribution in [0.5, 0.6) is 0 Å². The van der Waals surface area contributed by atoms with Crippen LogP contribution in [0.4, 0.5) is 4.39 Å². The van der Waals surface area contributed by atoms with Crippen LogP contribution in [-0.4, -0.2) is 40.5 Å². The molecule has 0 spiro atoms. The summed E-state index contributed by atoms with van der Waals surface area (Å²) in [5.41, 5.74) is 1.40. The van der Waals surface area contributed by atoms with E-state index in [-0.39, 0.29) is 16.6 Å². The van der Waals surface area contributed by atoms with Gasteiger partial charge in [0.15, 0.2) is 5.69 Å². The van der Waals surface area contributed by atoms with Crippen molar-refractivity contribution in [2.45, 2.75) is 19.8 Å². The second-order valence-electron chi connectivity index (χ2n) is 5.96. The fourth-order valence-electron chi connectivity index (χ4n) is 2.82. The number of nitrogens with zero attached hydrogens (tertiary/aromatic N) is 3. The van der Waals surface area contributed by atoms with Gasteiger partial charge in [-0.1, -0.05) is 16.8 Å². The SMILES string of the molecule is Cc1c(C(=O)NCC2CCCNC2)nnn1-c1ccc(F)c(Cl)c1. The van der Waals surface area contributed by atoms with Crippen LogP contribution in [0.3, 0.4) is 0 Å². The van der Waals surface area contributed by atoms with Crippen molar-refractivity contribution in [1.29, 1.82) is 0 Å². The van der Waals surface area contributed by atoms with Gasteiger partial charge in [0.2, 0.25) is 0 Å². The van der Waals surface area contributed by atoms with Crippen molar-refractivity contribution in [3.05, 3.63) is 40.4 Å². The molecule has 1 aromatic heterocycles. The number of carbonyl (C=O) groups excluding carboxylic acids is 1. The largest absolute Gasteiger partial charge is 0.350 e. The van der Waals surface area contributed by atoms with Crippen molar-refractivity contribution in [3.8, 4) is 5.69 Å². The Kier molecular flexibility index (Phi) is 5.11. The summed E-state index contributed by atoms with van der Waals surface area (Å²) in [5.74, 6) is -0.316. The zero-order valence-electron chi connectivity index (χ0n) is 13.4. The predicted molar refractivity (Wildman–Crippen MR) is 89.0 cm³/mol. The number of amides is 1. The summed E-state index contributed by atoms with van der Waals surface area (Å²) in [6.07, 6.45) is 2.23. The maximum atomic E-state index is 13.3. The van der Waals surface area contributed by atoms with E-state index in [1.54, 1.807) is 6.92 Å². The van der Waals surface area contributed by atoms with Crippen LogP contribution >= 0.6 is 11.6 Å². The molecule has 2 heterocycles. The average Bonchev–Trinajstić information content (AvgIpc) is 2.98. The molecule has 24 heavy (non-hydrogen) atoms. The Hall–Kier alpha value is -1.99. The molecule has 0 aliphatic carbocycles. The minimum Gasteiger partial charge on any atom is -0.350 e. The van der Waals surface area contributed by atoms with Gasteiger partial charge in [0.25, 0.3) is 5.91 Å². The van der Waals surface area contributed by atoms with Crippen LogP contribution in [0, 0.1) is 18.7 Å². The highest BCUT2D eigenvalue weighted by molar-refractivity contribution is 6.30. The van der Waals surface area contributed by atoms with Gasteiger partial charge < -0.3 is 10.6 Å². The molecule has 128 valence electrons. The van der Waals surface area contributed by atoms with E-state index in [1.807, 2.05) is 0 Å². The third kappa shape index (κ3) is 3.57. The summed E-state index contributed by atoms with van der Waals surface area (Å²) in [6.45, 7) is 4.31. The van der Waals surface area contributed by atoms with Crippen molar-refractivity contribution >= 4 is 17.5 Å². The molecule has 1 aromatic carbocycles. The molecule has 1 atom stereocenters. The monoisotopic (exact) mass is 351 g/mol. The minimum atomic E-state index is -0.503. The summed E-state index contributed by atoms with van der Waals surface area (Å²) < 4.78 is 14.8. The number of hydrogen-bond donors (Lipinski definition) is 2. The first kappa shape index (κ1) is 16.9. The minimum absolute atomic E-state index is 0.00167. The summed E-state index contributed by atoms with van der Waals surface area (Å²) in [4.78, 5) is 12.3. The number of aromatic nitrogens is 3. The van der Waals surface area contributed by atoms with Gasteiger partial charge in [-0.2, -0.15) is 0 Å². The van der Waals surface area contributed by atoms with Crippen LogP contribution in [0.2, 0.25) is 5.02 Å². The van der Waals surface area contributed by atoms with E-state index in [1.165, 1.54) is 22.9 Å². The molecule has 8 heteroatoms. The van der Waals surface area contributed by atoms with Gasteiger partial charge in [-0.3, -0.25) is 4.79 Å². The zero-order valence-corrected chi connectivity index (χ0v) is 14.1. The van der Waals surface area contributed by atoms with E-state index in [2.05, 4.69) is 20.9 Å². The highest BCUT2D eigenvalue weighted by Crippen LogP contribution is 2.20. The molecule has 0 bridgehead atoms. The van der Waals surface area contributed by atoms with E-state index < -0.39 is 5.82 Å². The summed E-state index contributed by atoms with van der Waals surface area (Å²) >= 11 is 5.80. The molecule has 1 aliphatic rings. The first-order valence-electron chi connectivity index (χ1n) is 7.93. The third-order valence-corrected chi connectivity index (χ3v) is 4.50. The average molecular weight is 352 g/mol. The maximum absolute atomic E-state index is 13.3. The Morgan fingerprint density at radius 1 is 1.54 bits per heavy atom. The smallest absolute Gasteiger partial charge is 0.273 e. The van der Waals surface area contributed by atoms with Crippen molar-refractivity contribution in [3.63, 3.8) is 0 Å². The van der Waals surface area contributed by atoms with E-state index in [0.717, 1.165) is 25.9 Å². The predicted octanol–water partition coefficient (Wildman–Crippen LogP) is 2.10. The van der Waals surface area contributed by atoms with Crippen LogP contribution in [0.15, 0.2) is 18.2 Å². The maximum Gasteiger partial charge on any atom is 0.273 e. The van der Waals surface area contributed by atoms with E-state index in [9.17, 15) is 9.18 Å². The first-order chi connectivity index (χ1) is 11.6. The molecule has 2 N–H and O–H groups in total. The van der Waals surface area contributed by atoms with Crippen molar-refractivity contribution in [2.75, 3.05) is 19.6 Å². The summed E-state index contributed by atoms with van der Waals surface area (Å²) in [5, 5.41) is 14.2. The number of carbonyl (C=O) groups is 1. The van der Waals surface area contributed by atoms with Gasteiger partial charge in [0.05, 0.1) is 16.4 Å². The second kappa shape index (κ2) is 7.27. The fourth-order valence-corrected chi connectivity index (χ4v) is 2.99. The molecule has 6 nitrogen and oxygen atoms in total. The molecule has 1 unspecified atom stereocenters. The van der Waals surface area contributed by atoms with Gasteiger partial charge in [-0.15, -0.1) is 5.10 Å². The lowest BCUT2D eigenvalue weighted by molar-refractivity contribution is 0.0939. The number of piperidine rings is 1. The highest BCUT2D eigenvalue weighted by atomic mass is 35.5. The Labute approximate surface area is 144 Å². The fraction of sp³-hybridized carbons (Fsp3) is 0.438. The summed E-state index contributed by atoms with van der Waals surface area (Å²) in [7, 11) is 0. The topological polar surface area (TPSA) is 71.8 Å². The molecular weight excluding hydrogens is 333 g/mol. The van der Waals surface area contributed by atoms with Crippen molar-refractivity contribution < 1.29 is 9.18 Å². The molecule has 0 saturated carbocycles. The van der Waals surface area contributed by atoms with Gasteiger partial charge in [-0.05, 0) is 57.0 Å². The van der Waals surface area contributed by atoms with E-state index in [0.29, 0.717) is 23.8 Å². The highest BCUT2D eigenvalue weighted by Gasteiger charge is 2.20. The number of benzene rings is 1. The quantitative estimate of drug-likeness (QED) is 0.884. The number of hydrogen-bond acceptors (Lipinski definition) is 4. The molecule has 1 amide bonds. The molecular formula is C16H19ClFN5O. The van der Waals surface area contributed by atoms with Gasteiger partial charge in [-0.25, -0.2) is 9.07 Å². The lowest BCUT2D eigenvalue weighted by Crippen LogP contribution is -2.38. The molecule has 3 rings (SSSR count). The second-order valence-corrected chi connectivity index (χ2v) is 6.36. The van der Waals surface area contributed by atoms with Crippen LogP contribution in [-0.2, 0) is 0 Å². The summed E-state index contributed by atoms with van der Waals surface area (Å²) in [6, 6.07) is 4.25. The molecule has 1 fully saturated rings. The Bertz CT molecular complexity index is 742. The Morgan fingerprint density at radius 2 is 2.38 bits per heavy atom. The van der Waals surface area contributed by atoms with E-state index in [4.69, 9.17) is 11.6 Å². The zero-order chi connectivity index (χ0) is 17.1. The van der Waals surface area contributed by atoms with Gasteiger partial charge in [0.1, 0.15) is 5.82 Å². The Morgan fingerprint density at radius 3 is 3.08 bits per heavy atom. The van der Waals surface area contributed by atoms with E-state index >= 15 is 0 Å². The van der Waals surface area contributed by atoms with Crippen LogP contribution in [0.25, 0.3) is 5.69 Å². The standard InChI is InChI=1S/C16H19ClFN5O/c1-10-15(16(24)20-9-11-3-2-6-19-8-11)21-22-23(10)12-4-5-14(18)13(17)7-12/h4-5,7,11,19H,2-3,6,8-9H2,1H3,(H,20,24). The molecule has 0 radical (unpaired) electrons. The Balaban J connectivity index is 1.71. The van der Waals surface area contributed by atoms with Crippen molar-refractivity contribution in [1.82, 2.24) is 25.6 Å². The molecule has 1 aliphatic heterocycles. The normalized spacial score (nSPS) is 17.7. The third-order valence-electron chi connectivity index (χ3n) is 4.21. The lowest BCUT2D eigenvalue weighted by atomic mass is 10.00. The molecule has 2 aromatic rings. The van der Waals surface area contributed by atoms with Crippen LogP contribution < -0.4 is 10.6 Å². The molecule has 1 saturated heterocycles. The number of nitrogens with one attached hydrogen (secondary N) is 2. The number of halogens is 2. The van der Waals surface area contributed by atoms with Crippen molar-refractivity contribution in [2.24, 2.45) is 5.92 Å². The van der Waals surface area contributed by atoms with Crippen LogP contribution in [0.1, 0.15) is 29.0 Å².